The molecule has 0 saturated carbocycles. The van der Waals surface area contributed by atoms with Gasteiger partial charge < -0.3 is 20.5 Å². The molecular formula is C18H26N2O5. The Kier molecular flexibility index (Phi) is 6.97. The molecule has 0 saturated heterocycles. The van der Waals surface area contributed by atoms with Crippen molar-refractivity contribution in [3.05, 3.63) is 23.8 Å². The third-order valence-electron chi connectivity index (χ3n) is 3.18. The molecule has 0 fully saturated rings. The predicted octanol–water partition coefficient (Wildman–Crippen LogP) is 2.66. The van der Waals surface area contributed by atoms with E-state index >= 15 is 0 Å². The Labute approximate surface area is 147 Å². The molecule has 0 unspecified atom stereocenters. The van der Waals surface area contributed by atoms with E-state index in [-0.39, 0.29) is 36.4 Å². The maximum absolute atomic E-state index is 12.1. The second-order valence-corrected chi connectivity index (χ2v) is 6.99. The van der Waals surface area contributed by atoms with Gasteiger partial charge in [0.25, 0.3) is 0 Å². The van der Waals surface area contributed by atoms with Crippen LogP contribution in [0.4, 0.5) is 5.69 Å². The summed E-state index contributed by atoms with van der Waals surface area (Å²) in [5.41, 5.74) is -0.182. The average molecular weight is 350 g/mol. The number of aromatic carboxylic acids is 1. The van der Waals surface area contributed by atoms with Gasteiger partial charge in [0.2, 0.25) is 11.8 Å². The van der Waals surface area contributed by atoms with E-state index in [2.05, 4.69) is 10.6 Å². The molecule has 2 amide bonds. The number of carboxylic acids is 1. The largest absolute Gasteiger partial charge is 0.489 e. The Balaban J connectivity index is 2.75. The van der Waals surface area contributed by atoms with Crippen molar-refractivity contribution in [1.82, 2.24) is 5.32 Å². The number of amides is 2. The zero-order valence-electron chi connectivity index (χ0n) is 15.3. The summed E-state index contributed by atoms with van der Waals surface area (Å²) in [7, 11) is 0. The van der Waals surface area contributed by atoms with E-state index in [4.69, 9.17) is 9.84 Å². The van der Waals surface area contributed by atoms with Crippen molar-refractivity contribution in [2.45, 2.75) is 47.1 Å². The Morgan fingerprint density at radius 3 is 2.36 bits per heavy atom. The highest BCUT2D eigenvalue weighted by Gasteiger charge is 2.21. The third-order valence-corrected chi connectivity index (χ3v) is 3.18. The lowest BCUT2D eigenvalue weighted by atomic mass is 9.96. The van der Waals surface area contributed by atoms with Gasteiger partial charge in [-0.15, -0.1) is 0 Å². The van der Waals surface area contributed by atoms with Crippen LogP contribution < -0.4 is 15.4 Å². The van der Waals surface area contributed by atoms with Gasteiger partial charge in [0, 0.05) is 18.4 Å². The van der Waals surface area contributed by atoms with Gasteiger partial charge in [0.15, 0.2) is 0 Å². The van der Waals surface area contributed by atoms with E-state index in [1.807, 2.05) is 13.8 Å². The van der Waals surface area contributed by atoms with E-state index in [1.54, 1.807) is 20.8 Å². The fourth-order valence-electron chi connectivity index (χ4n) is 1.88. The molecule has 7 heteroatoms. The Morgan fingerprint density at radius 2 is 1.84 bits per heavy atom. The highest BCUT2D eigenvalue weighted by Crippen LogP contribution is 2.27. The first-order chi connectivity index (χ1) is 11.5. The van der Waals surface area contributed by atoms with Crippen molar-refractivity contribution in [1.29, 1.82) is 0 Å². The second kappa shape index (κ2) is 8.50. The summed E-state index contributed by atoms with van der Waals surface area (Å²) in [4.78, 5) is 35.0. The summed E-state index contributed by atoms with van der Waals surface area (Å²) in [6.07, 6.45) is -0.0577. The van der Waals surface area contributed by atoms with Crippen LogP contribution >= 0.6 is 0 Å². The number of ether oxygens (including phenoxy) is 1. The molecule has 0 aliphatic carbocycles. The summed E-state index contributed by atoms with van der Waals surface area (Å²) in [6.45, 7) is 9.22. The molecule has 1 rings (SSSR count). The minimum atomic E-state index is -1.09. The van der Waals surface area contributed by atoms with Gasteiger partial charge in [-0.2, -0.15) is 0 Å². The third kappa shape index (κ3) is 6.82. The topological polar surface area (TPSA) is 105 Å². The lowest BCUT2D eigenvalue weighted by Crippen LogP contribution is -2.36. The van der Waals surface area contributed by atoms with E-state index in [9.17, 15) is 14.4 Å². The fraction of sp³-hybridized carbons (Fsp3) is 0.500. The first-order valence-corrected chi connectivity index (χ1v) is 8.13. The smallest absolute Gasteiger partial charge is 0.335 e. The molecule has 7 nitrogen and oxygen atoms in total. The number of benzene rings is 1. The lowest BCUT2D eigenvalue weighted by Gasteiger charge is -2.18. The van der Waals surface area contributed by atoms with E-state index in [0.717, 1.165) is 0 Å². The molecule has 25 heavy (non-hydrogen) atoms. The molecule has 0 aliphatic rings. The number of anilines is 1. The first-order valence-electron chi connectivity index (χ1n) is 8.13. The van der Waals surface area contributed by atoms with Crippen LogP contribution in [0.3, 0.4) is 0 Å². The molecule has 138 valence electrons. The number of nitrogens with one attached hydrogen (secondary N) is 2. The molecule has 1 aromatic rings. The van der Waals surface area contributed by atoms with Crippen LogP contribution in [0, 0.1) is 5.41 Å². The minimum Gasteiger partial charge on any atom is -0.489 e. The fourth-order valence-corrected chi connectivity index (χ4v) is 1.88. The summed E-state index contributed by atoms with van der Waals surface area (Å²) < 4.78 is 5.59. The number of carboxylic acid groups (broad SMARTS) is 1. The van der Waals surface area contributed by atoms with Gasteiger partial charge in [0.05, 0.1) is 17.4 Å². The summed E-state index contributed by atoms with van der Waals surface area (Å²) in [5.74, 6) is -1.18. The standard InChI is InChI=1S/C18H26N2O5/c1-11(2)25-14-7-6-12(16(22)23)10-13(14)20-15(21)8-9-19-17(24)18(3,4)5/h6-7,10-11H,8-9H2,1-5H3,(H,19,24)(H,20,21)(H,22,23). The number of rotatable bonds is 7. The van der Waals surface area contributed by atoms with Gasteiger partial charge in [-0.25, -0.2) is 4.79 Å². The Morgan fingerprint density at radius 1 is 1.20 bits per heavy atom. The SMILES string of the molecule is CC(C)Oc1ccc(C(=O)O)cc1NC(=O)CCNC(=O)C(C)(C)C. The van der Waals surface area contributed by atoms with Crippen LogP contribution in [-0.2, 0) is 9.59 Å². The van der Waals surface area contributed by atoms with Crippen molar-refractivity contribution in [3.8, 4) is 5.75 Å². The van der Waals surface area contributed by atoms with Crippen molar-refractivity contribution in [3.63, 3.8) is 0 Å². The van der Waals surface area contributed by atoms with Crippen molar-refractivity contribution in [2.24, 2.45) is 5.41 Å². The zero-order valence-corrected chi connectivity index (χ0v) is 15.3. The summed E-state index contributed by atoms with van der Waals surface area (Å²) >= 11 is 0. The molecule has 0 aromatic heterocycles. The van der Waals surface area contributed by atoms with E-state index in [0.29, 0.717) is 11.4 Å². The molecule has 0 radical (unpaired) electrons. The summed E-state index contributed by atoms with van der Waals surface area (Å²) in [5, 5.41) is 14.4. The molecule has 0 atom stereocenters. The van der Waals surface area contributed by atoms with Crippen LogP contribution in [0.5, 0.6) is 5.75 Å². The normalized spacial score (nSPS) is 11.1. The van der Waals surface area contributed by atoms with Gasteiger partial charge in [0.1, 0.15) is 5.75 Å². The summed E-state index contributed by atoms with van der Waals surface area (Å²) in [6, 6.07) is 4.28. The van der Waals surface area contributed by atoms with Gasteiger partial charge >= 0.3 is 5.97 Å². The maximum atomic E-state index is 12.1. The molecular weight excluding hydrogens is 324 g/mol. The minimum absolute atomic E-state index is 0.0486. The molecule has 0 heterocycles. The van der Waals surface area contributed by atoms with Gasteiger partial charge in [-0.05, 0) is 32.0 Å². The second-order valence-electron chi connectivity index (χ2n) is 6.99. The number of carbonyl (C=O) groups excluding carboxylic acids is 2. The van der Waals surface area contributed by atoms with Crippen LogP contribution in [0.2, 0.25) is 0 Å². The molecule has 3 N–H and O–H groups in total. The Bertz CT molecular complexity index is 647. The van der Waals surface area contributed by atoms with Crippen LogP contribution in [0.15, 0.2) is 18.2 Å². The molecule has 0 aliphatic heterocycles. The monoisotopic (exact) mass is 350 g/mol. The lowest BCUT2D eigenvalue weighted by molar-refractivity contribution is -0.128. The van der Waals surface area contributed by atoms with Crippen molar-refractivity contribution in [2.75, 3.05) is 11.9 Å². The first kappa shape index (κ1) is 20.5. The molecule has 0 spiro atoms. The average Bonchev–Trinajstić information content (AvgIpc) is 2.47. The molecule has 1 aromatic carbocycles. The zero-order chi connectivity index (χ0) is 19.2. The maximum Gasteiger partial charge on any atom is 0.335 e. The quantitative estimate of drug-likeness (QED) is 0.701. The highest BCUT2D eigenvalue weighted by atomic mass is 16.5. The number of carbonyl (C=O) groups is 3. The van der Waals surface area contributed by atoms with Crippen LogP contribution in [0.1, 0.15) is 51.4 Å². The Hall–Kier alpha value is -2.57. The van der Waals surface area contributed by atoms with E-state index < -0.39 is 11.4 Å². The van der Waals surface area contributed by atoms with Gasteiger partial charge in [-0.1, -0.05) is 20.8 Å². The predicted molar refractivity (Wildman–Crippen MR) is 94.9 cm³/mol. The van der Waals surface area contributed by atoms with Crippen molar-refractivity contribution >= 4 is 23.5 Å². The number of hydrogen-bond acceptors (Lipinski definition) is 4. The van der Waals surface area contributed by atoms with Crippen LogP contribution in [0.25, 0.3) is 0 Å². The number of hydrogen-bond donors (Lipinski definition) is 3. The van der Waals surface area contributed by atoms with Gasteiger partial charge in [-0.3, -0.25) is 9.59 Å². The molecule has 0 bridgehead atoms. The van der Waals surface area contributed by atoms with Crippen molar-refractivity contribution < 1.29 is 24.2 Å². The van der Waals surface area contributed by atoms with E-state index in [1.165, 1.54) is 18.2 Å². The van der Waals surface area contributed by atoms with Crippen LogP contribution in [-0.4, -0.2) is 35.5 Å². The highest BCUT2D eigenvalue weighted by molar-refractivity contribution is 5.95.